The number of anilines is 1. The molecule has 0 aromatic heterocycles. The number of rotatable bonds is 4. The molecule has 3 nitrogen and oxygen atoms in total. The monoisotopic (exact) mass is 304 g/mol. The van der Waals surface area contributed by atoms with Crippen molar-refractivity contribution < 1.29 is 13.6 Å². The molecule has 1 amide bonds. The van der Waals surface area contributed by atoms with Gasteiger partial charge in [-0.1, -0.05) is 23.9 Å². The van der Waals surface area contributed by atoms with Crippen LogP contribution in [0.3, 0.4) is 0 Å². The molecule has 2 aromatic rings. The van der Waals surface area contributed by atoms with E-state index >= 15 is 0 Å². The van der Waals surface area contributed by atoms with Crippen LogP contribution in [0.4, 0.5) is 14.5 Å². The topological polar surface area (TPSA) is 52.9 Å². The second-order valence-corrected chi connectivity index (χ2v) is 5.05. The summed E-state index contributed by atoms with van der Waals surface area (Å²) >= 11 is 0.377. The molecule has 21 heavy (non-hydrogen) atoms. The van der Waals surface area contributed by atoms with Gasteiger partial charge in [-0.25, -0.2) is 0 Å². The summed E-state index contributed by atoms with van der Waals surface area (Å²) in [6.07, 6.45) is 0. The molecule has 0 atom stereocenters. The second kappa shape index (κ2) is 6.86. The van der Waals surface area contributed by atoms with Crippen LogP contribution in [0.5, 0.6) is 0 Å². The van der Waals surface area contributed by atoms with E-state index in [0.29, 0.717) is 33.5 Å². The number of nitrogens with zero attached hydrogens (tertiary/aromatic N) is 1. The maximum absolute atomic E-state index is 12.5. The molecule has 0 heterocycles. The number of hydrogen-bond donors (Lipinski definition) is 1. The van der Waals surface area contributed by atoms with E-state index in [4.69, 9.17) is 5.26 Å². The van der Waals surface area contributed by atoms with Gasteiger partial charge in [-0.05, 0) is 36.4 Å². The molecule has 2 aromatic carbocycles. The third-order valence-electron chi connectivity index (χ3n) is 2.63. The van der Waals surface area contributed by atoms with Crippen molar-refractivity contribution in [2.24, 2.45) is 0 Å². The lowest BCUT2D eigenvalue weighted by Gasteiger charge is -2.10. The van der Waals surface area contributed by atoms with Gasteiger partial charge in [-0.15, -0.1) is 0 Å². The Morgan fingerprint density at radius 1 is 1.14 bits per heavy atom. The number of alkyl halides is 2. The number of nitriles is 1. The van der Waals surface area contributed by atoms with Crippen LogP contribution in [0.25, 0.3) is 0 Å². The predicted molar refractivity (Wildman–Crippen MR) is 77.4 cm³/mol. The number of amides is 1. The molecule has 0 aliphatic carbocycles. The van der Waals surface area contributed by atoms with Crippen LogP contribution < -0.4 is 5.32 Å². The quantitative estimate of drug-likeness (QED) is 0.864. The largest absolute Gasteiger partial charge is 0.321 e. The molecule has 0 saturated heterocycles. The molecule has 2 rings (SSSR count). The SMILES string of the molecule is N#Cc1ccc(C(=O)Nc2ccccc2SC(F)F)cc1. The summed E-state index contributed by atoms with van der Waals surface area (Å²) < 4.78 is 24.9. The van der Waals surface area contributed by atoms with Crippen LogP contribution in [0.15, 0.2) is 53.4 Å². The van der Waals surface area contributed by atoms with Gasteiger partial charge in [0.05, 0.1) is 17.3 Å². The first-order valence-electron chi connectivity index (χ1n) is 5.95. The van der Waals surface area contributed by atoms with Gasteiger partial charge in [0.25, 0.3) is 11.7 Å². The zero-order valence-corrected chi connectivity index (χ0v) is 11.5. The van der Waals surface area contributed by atoms with E-state index in [-0.39, 0.29) is 0 Å². The van der Waals surface area contributed by atoms with Crippen molar-refractivity contribution >= 4 is 23.4 Å². The van der Waals surface area contributed by atoms with E-state index < -0.39 is 11.7 Å². The van der Waals surface area contributed by atoms with Gasteiger partial charge in [0.15, 0.2) is 0 Å². The molecule has 0 bridgehead atoms. The van der Waals surface area contributed by atoms with Crippen molar-refractivity contribution in [3.8, 4) is 6.07 Å². The van der Waals surface area contributed by atoms with Crippen molar-refractivity contribution in [1.29, 1.82) is 5.26 Å². The number of carbonyl (C=O) groups is 1. The number of nitrogens with one attached hydrogen (secondary N) is 1. The highest BCUT2D eigenvalue weighted by molar-refractivity contribution is 7.99. The average Bonchev–Trinajstić information content (AvgIpc) is 2.49. The van der Waals surface area contributed by atoms with Gasteiger partial charge < -0.3 is 5.32 Å². The Labute approximate surface area is 124 Å². The Morgan fingerprint density at radius 2 is 1.81 bits per heavy atom. The lowest BCUT2D eigenvalue weighted by molar-refractivity contribution is 0.102. The van der Waals surface area contributed by atoms with Crippen molar-refractivity contribution in [3.05, 3.63) is 59.7 Å². The minimum atomic E-state index is -2.56. The smallest absolute Gasteiger partial charge is 0.288 e. The summed E-state index contributed by atoms with van der Waals surface area (Å²) in [7, 11) is 0. The molecule has 0 aliphatic heterocycles. The molecule has 0 saturated carbocycles. The molecule has 106 valence electrons. The number of carbonyl (C=O) groups excluding carboxylic acids is 1. The summed E-state index contributed by atoms with van der Waals surface area (Å²) in [6.45, 7) is 0. The molecular formula is C15H10F2N2OS. The molecule has 6 heteroatoms. The highest BCUT2D eigenvalue weighted by Gasteiger charge is 2.12. The number of thioether (sulfide) groups is 1. The third kappa shape index (κ3) is 4.04. The minimum Gasteiger partial charge on any atom is -0.321 e. The third-order valence-corrected chi connectivity index (χ3v) is 3.42. The van der Waals surface area contributed by atoms with Crippen molar-refractivity contribution in [2.45, 2.75) is 10.7 Å². The predicted octanol–water partition coefficient (Wildman–Crippen LogP) is 4.13. The first-order valence-corrected chi connectivity index (χ1v) is 6.83. The average molecular weight is 304 g/mol. The fraction of sp³-hybridized carbons (Fsp3) is 0.0667. The van der Waals surface area contributed by atoms with Crippen LogP contribution in [0, 0.1) is 11.3 Å². The van der Waals surface area contributed by atoms with Crippen molar-refractivity contribution in [1.82, 2.24) is 0 Å². The fourth-order valence-corrected chi connectivity index (χ4v) is 2.25. The summed E-state index contributed by atoms with van der Waals surface area (Å²) in [5.74, 6) is -2.97. The fourth-order valence-electron chi connectivity index (χ4n) is 1.66. The van der Waals surface area contributed by atoms with E-state index in [2.05, 4.69) is 5.32 Å². The maximum Gasteiger partial charge on any atom is 0.288 e. The Kier molecular flexibility index (Phi) is 4.90. The lowest BCUT2D eigenvalue weighted by Crippen LogP contribution is -2.12. The van der Waals surface area contributed by atoms with Crippen LogP contribution in [-0.4, -0.2) is 11.7 Å². The maximum atomic E-state index is 12.5. The summed E-state index contributed by atoms with van der Waals surface area (Å²) in [5.41, 5.74) is 1.13. The van der Waals surface area contributed by atoms with Crippen LogP contribution in [0.2, 0.25) is 0 Å². The zero-order chi connectivity index (χ0) is 15.2. The zero-order valence-electron chi connectivity index (χ0n) is 10.7. The molecule has 1 N–H and O–H groups in total. The Hall–Kier alpha value is -2.39. The van der Waals surface area contributed by atoms with Crippen LogP contribution >= 0.6 is 11.8 Å². The molecule has 0 spiro atoms. The summed E-state index contributed by atoms with van der Waals surface area (Å²) in [5, 5.41) is 11.3. The number of benzene rings is 2. The van der Waals surface area contributed by atoms with Crippen LogP contribution in [0.1, 0.15) is 15.9 Å². The highest BCUT2D eigenvalue weighted by atomic mass is 32.2. The Bertz CT molecular complexity index is 681. The van der Waals surface area contributed by atoms with E-state index in [1.54, 1.807) is 18.2 Å². The second-order valence-electron chi connectivity index (χ2n) is 4.02. The summed E-state index contributed by atoms with van der Waals surface area (Å²) in [6, 6.07) is 14.4. The number of halogens is 2. The van der Waals surface area contributed by atoms with Gasteiger partial charge in [-0.3, -0.25) is 4.79 Å². The Balaban J connectivity index is 2.17. The number of hydrogen-bond acceptors (Lipinski definition) is 3. The minimum absolute atomic E-state index is 0.300. The van der Waals surface area contributed by atoms with Gasteiger partial charge in [-0.2, -0.15) is 14.0 Å². The normalized spacial score (nSPS) is 10.2. The molecule has 0 aliphatic rings. The molecule has 0 radical (unpaired) electrons. The molecular weight excluding hydrogens is 294 g/mol. The van der Waals surface area contributed by atoms with Gasteiger partial charge in [0.2, 0.25) is 0 Å². The van der Waals surface area contributed by atoms with E-state index in [9.17, 15) is 13.6 Å². The van der Waals surface area contributed by atoms with E-state index in [1.807, 2.05) is 6.07 Å². The van der Waals surface area contributed by atoms with Crippen molar-refractivity contribution in [3.63, 3.8) is 0 Å². The first-order chi connectivity index (χ1) is 10.1. The van der Waals surface area contributed by atoms with Gasteiger partial charge >= 0.3 is 0 Å². The van der Waals surface area contributed by atoms with E-state index in [1.165, 1.54) is 30.3 Å². The first kappa shape index (κ1) is 15.0. The van der Waals surface area contributed by atoms with Gasteiger partial charge in [0, 0.05) is 10.5 Å². The lowest BCUT2D eigenvalue weighted by atomic mass is 10.1. The van der Waals surface area contributed by atoms with E-state index in [0.717, 1.165) is 0 Å². The standard InChI is InChI=1S/C15H10F2N2OS/c16-15(17)21-13-4-2-1-3-12(13)19-14(20)11-7-5-10(9-18)6-8-11/h1-8,15H,(H,19,20). The van der Waals surface area contributed by atoms with Crippen LogP contribution in [-0.2, 0) is 0 Å². The number of para-hydroxylation sites is 1. The molecule has 0 unspecified atom stereocenters. The Morgan fingerprint density at radius 3 is 2.43 bits per heavy atom. The van der Waals surface area contributed by atoms with Gasteiger partial charge in [0.1, 0.15) is 0 Å². The molecule has 0 fully saturated rings. The highest BCUT2D eigenvalue weighted by Crippen LogP contribution is 2.31. The van der Waals surface area contributed by atoms with Crippen molar-refractivity contribution in [2.75, 3.05) is 5.32 Å². The summed E-state index contributed by atoms with van der Waals surface area (Å²) in [4.78, 5) is 12.4.